The second-order valence-corrected chi connectivity index (χ2v) is 4.06. The third-order valence-electron chi connectivity index (χ3n) is 2.97. The second-order valence-electron chi connectivity index (χ2n) is 4.06. The minimum absolute atomic E-state index is 0.110. The first-order valence-corrected chi connectivity index (χ1v) is 4.73. The van der Waals surface area contributed by atoms with Crippen molar-refractivity contribution in [3.63, 3.8) is 0 Å². The Morgan fingerprint density at radius 2 is 2.29 bits per heavy atom. The first-order chi connectivity index (χ1) is 6.44. The van der Waals surface area contributed by atoms with Gasteiger partial charge in [0.25, 0.3) is 0 Å². The normalized spacial score (nSPS) is 48.9. The Morgan fingerprint density at radius 3 is 2.79 bits per heavy atom. The van der Waals surface area contributed by atoms with Crippen molar-refractivity contribution in [1.29, 1.82) is 0 Å². The summed E-state index contributed by atoms with van der Waals surface area (Å²) in [5.41, 5.74) is 0. The van der Waals surface area contributed by atoms with Crippen LogP contribution in [-0.4, -0.2) is 40.3 Å². The highest BCUT2D eigenvalue weighted by atomic mass is 16.7. The number of carbonyl (C=O) groups excluding carboxylic acids is 1. The largest absolute Gasteiger partial charge is 0.460 e. The van der Waals surface area contributed by atoms with Crippen LogP contribution in [-0.2, 0) is 14.3 Å². The Bertz CT molecular complexity index is 264. The fourth-order valence-corrected chi connectivity index (χ4v) is 2.04. The van der Waals surface area contributed by atoms with E-state index in [2.05, 4.69) is 0 Å². The predicted molar refractivity (Wildman–Crippen MR) is 45.2 cm³/mol. The zero-order valence-electron chi connectivity index (χ0n) is 8.14. The fourth-order valence-electron chi connectivity index (χ4n) is 2.04. The van der Waals surface area contributed by atoms with Gasteiger partial charge in [0.1, 0.15) is 18.3 Å². The monoisotopic (exact) mass is 202 g/mol. The quantitative estimate of drug-likeness (QED) is 0.556. The molecule has 5 nitrogen and oxygen atoms in total. The Labute approximate surface area is 81.6 Å². The van der Waals surface area contributed by atoms with Crippen LogP contribution in [0, 0.1) is 5.92 Å². The van der Waals surface area contributed by atoms with Gasteiger partial charge in [-0.3, -0.25) is 4.79 Å². The van der Waals surface area contributed by atoms with E-state index in [4.69, 9.17) is 9.47 Å². The van der Waals surface area contributed by atoms with Crippen LogP contribution in [0.4, 0.5) is 0 Å². The van der Waals surface area contributed by atoms with Crippen LogP contribution in [0.3, 0.4) is 0 Å². The van der Waals surface area contributed by atoms with Crippen LogP contribution in [0.15, 0.2) is 0 Å². The third-order valence-corrected chi connectivity index (χ3v) is 2.97. The van der Waals surface area contributed by atoms with Crippen molar-refractivity contribution in [2.24, 2.45) is 5.92 Å². The summed E-state index contributed by atoms with van der Waals surface area (Å²) in [6.45, 7) is 3.16. The van der Waals surface area contributed by atoms with Crippen molar-refractivity contribution in [2.45, 2.75) is 44.4 Å². The number of hydrogen-bond donors (Lipinski definition) is 2. The number of hydrogen-bond acceptors (Lipinski definition) is 5. The molecule has 0 amide bonds. The van der Waals surface area contributed by atoms with Crippen LogP contribution in [0.5, 0.6) is 0 Å². The number of ether oxygens (including phenoxy) is 2. The molecule has 2 aliphatic heterocycles. The lowest BCUT2D eigenvalue weighted by molar-refractivity contribution is -0.249. The topological polar surface area (TPSA) is 76.0 Å². The molecule has 5 unspecified atom stereocenters. The van der Waals surface area contributed by atoms with Gasteiger partial charge < -0.3 is 19.7 Å². The maximum Gasteiger partial charge on any atom is 0.312 e. The molecule has 2 aliphatic rings. The molecule has 0 saturated carbocycles. The summed E-state index contributed by atoms with van der Waals surface area (Å²) in [6.07, 6.45) is -1.67. The van der Waals surface area contributed by atoms with Crippen molar-refractivity contribution in [1.82, 2.24) is 0 Å². The number of rotatable bonds is 1. The average molecular weight is 202 g/mol. The molecule has 0 bridgehead atoms. The molecule has 5 heteroatoms. The summed E-state index contributed by atoms with van der Waals surface area (Å²) in [7, 11) is 0. The predicted octanol–water partition coefficient (Wildman–Crippen LogP) is -0.594. The van der Waals surface area contributed by atoms with E-state index in [1.54, 1.807) is 6.92 Å². The van der Waals surface area contributed by atoms with Crippen LogP contribution in [0.25, 0.3) is 0 Å². The average Bonchev–Trinajstić information content (AvgIpc) is 2.54. The zero-order chi connectivity index (χ0) is 10.5. The van der Waals surface area contributed by atoms with Crippen molar-refractivity contribution in [3.8, 4) is 0 Å². The molecule has 5 atom stereocenters. The summed E-state index contributed by atoms with van der Waals surface area (Å²) in [5, 5.41) is 19.1. The summed E-state index contributed by atoms with van der Waals surface area (Å²) in [5.74, 6) is -2.38. The van der Waals surface area contributed by atoms with E-state index in [-0.39, 0.29) is 18.5 Å². The van der Waals surface area contributed by atoms with Gasteiger partial charge in [0, 0.05) is 6.42 Å². The van der Waals surface area contributed by atoms with E-state index in [1.165, 1.54) is 6.92 Å². The molecule has 0 aromatic rings. The summed E-state index contributed by atoms with van der Waals surface area (Å²) in [4.78, 5) is 11.3. The van der Waals surface area contributed by atoms with Gasteiger partial charge in [0.2, 0.25) is 0 Å². The highest BCUT2D eigenvalue weighted by molar-refractivity contribution is 5.76. The lowest BCUT2D eigenvalue weighted by Gasteiger charge is -2.27. The van der Waals surface area contributed by atoms with Gasteiger partial charge in [-0.05, 0) is 13.8 Å². The van der Waals surface area contributed by atoms with Crippen LogP contribution < -0.4 is 0 Å². The number of aliphatic hydroxyl groups is 2. The summed E-state index contributed by atoms with van der Waals surface area (Å²) in [6, 6.07) is 0. The fraction of sp³-hybridized carbons (Fsp3) is 0.889. The van der Waals surface area contributed by atoms with Gasteiger partial charge in [0.05, 0.1) is 5.92 Å². The third kappa shape index (κ3) is 1.24. The number of esters is 1. The number of carbonyl (C=O) groups is 1. The number of cyclic esters (lactones) is 1. The highest BCUT2D eigenvalue weighted by Crippen LogP contribution is 2.42. The van der Waals surface area contributed by atoms with E-state index in [1.807, 2.05) is 0 Å². The molecular formula is C9H14O5. The summed E-state index contributed by atoms with van der Waals surface area (Å²) >= 11 is 0. The molecule has 0 aliphatic carbocycles. The Hall–Kier alpha value is -0.650. The maximum absolute atomic E-state index is 11.3. The van der Waals surface area contributed by atoms with E-state index >= 15 is 0 Å². The van der Waals surface area contributed by atoms with Crippen molar-refractivity contribution in [2.75, 3.05) is 0 Å². The zero-order valence-corrected chi connectivity index (χ0v) is 8.14. The second kappa shape index (κ2) is 2.92. The van der Waals surface area contributed by atoms with Crippen LogP contribution in [0.2, 0.25) is 0 Å². The van der Waals surface area contributed by atoms with E-state index in [9.17, 15) is 15.0 Å². The molecule has 0 aromatic heterocycles. The molecule has 2 N–H and O–H groups in total. The molecule has 2 rings (SSSR count). The van der Waals surface area contributed by atoms with E-state index in [0.29, 0.717) is 0 Å². The van der Waals surface area contributed by atoms with Gasteiger partial charge >= 0.3 is 5.97 Å². The maximum atomic E-state index is 11.3. The van der Waals surface area contributed by atoms with E-state index < -0.39 is 23.9 Å². The van der Waals surface area contributed by atoms with Gasteiger partial charge in [-0.1, -0.05) is 0 Å². The summed E-state index contributed by atoms with van der Waals surface area (Å²) < 4.78 is 10.2. The molecule has 0 aromatic carbocycles. The van der Waals surface area contributed by atoms with Gasteiger partial charge in [-0.25, -0.2) is 0 Å². The molecule has 0 spiro atoms. The Balaban J connectivity index is 2.18. The Kier molecular flexibility index (Phi) is 2.06. The first-order valence-electron chi connectivity index (χ1n) is 4.73. The molecule has 2 saturated heterocycles. The van der Waals surface area contributed by atoms with E-state index in [0.717, 1.165) is 0 Å². The van der Waals surface area contributed by atoms with Crippen LogP contribution >= 0.6 is 0 Å². The molecule has 80 valence electrons. The van der Waals surface area contributed by atoms with Crippen molar-refractivity contribution in [3.05, 3.63) is 0 Å². The smallest absolute Gasteiger partial charge is 0.312 e. The molecular weight excluding hydrogens is 188 g/mol. The first kappa shape index (κ1) is 9.89. The molecule has 0 radical (unpaired) electrons. The number of fused-ring (bicyclic) bond motifs is 1. The molecule has 2 fully saturated rings. The SMILES string of the molecule is CC1OC(=O)C2CC(O)(C(C)O)OC12. The van der Waals surface area contributed by atoms with Gasteiger partial charge in [-0.15, -0.1) is 0 Å². The minimum atomic E-state index is -1.59. The van der Waals surface area contributed by atoms with Crippen molar-refractivity contribution >= 4 is 5.97 Å². The lowest BCUT2D eigenvalue weighted by Crippen LogP contribution is -2.42. The van der Waals surface area contributed by atoms with Crippen molar-refractivity contribution < 1.29 is 24.5 Å². The molecule has 2 heterocycles. The van der Waals surface area contributed by atoms with Gasteiger partial charge in [0.15, 0.2) is 5.79 Å². The van der Waals surface area contributed by atoms with Crippen LogP contribution in [0.1, 0.15) is 20.3 Å². The van der Waals surface area contributed by atoms with Gasteiger partial charge in [-0.2, -0.15) is 0 Å². The lowest BCUT2D eigenvalue weighted by atomic mass is 9.96. The minimum Gasteiger partial charge on any atom is -0.460 e. The molecule has 14 heavy (non-hydrogen) atoms. The Morgan fingerprint density at radius 1 is 1.64 bits per heavy atom. The highest BCUT2D eigenvalue weighted by Gasteiger charge is 2.57. The number of aliphatic hydroxyl groups excluding tert-OH is 1. The standard InChI is InChI=1S/C9H14O5/c1-4-7-6(8(11)13-4)3-9(12,14-7)5(2)10/h4-7,10,12H,3H2,1-2H3.